The number of aryl methyl sites for hydroxylation is 2. The van der Waals surface area contributed by atoms with Crippen LogP contribution in [-0.2, 0) is 6.54 Å². The predicted octanol–water partition coefficient (Wildman–Crippen LogP) is 2.24. The summed E-state index contributed by atoms with van der Waals surface area (Å²) in [7, 11) is 0. The van der Waals surface area contributed by atoms with Gasteiger partial charge in [-0.25, -0.2) is 4.39 Å². The van der Waals surface area contributed by atoms with E-state index < -0.39 is 0 Å². The Hall–Kier alpha value is -0.930. The largest absolute Gasteiger partial charge is 0.312 e. The van der Waals surface area contributed by atoms with Gasteiger partial charge in [-0.15, -0.1) is 0 Å². The normalized spacial score (nSPS) is 21.8. The number of nitrogens with one attached hydrogen (secondary N) is 1. The minimum absolute atomic E-state index is 0.0672. The number of nitrogens with zero attached hydrogens (tertiary/aromatic N) is 1. The van der Waals surface area contributed by atoms with Crippen molar-refractivity contribution in [1.29, 1.82) is 0 Å². The highest BCUT2D eigenvalue weighted by Gasteiger charge is 2.16. The summed E-state index contributed by atoms with van der Waals surface area (Å²) in [6.45, 7) is 9.98. The second kappa shape index (κ2) is 5.15. The second-order valence-corrected chi connectivity index (χ2v) is 5.13. The Morgan fingerprint density at radius 3 is 2.59 bits per heavy atom. The van der Waals surface area contributed by atoms with Crippen LogP contribution in [0.1, 0.15) is 23.6 Å². The molecule has 1 N–H and O–H groups in total. The number of piperazine rings is 1. The average molecular weight is 236 g/mol. The highest BCUT2D eigenvalue weighted by molar-refractivity contribution is 5.30. The van der Waals surface area contributed by atoms with Gasteiger partial charge in [0.05, 0.1) is 0 Å². The first-order valence-electron chi connectivity index (χ1n) is 6.27. The minimum atomic E-state index is -0.0672. The Bertz CT molecular complexity index is 380. The Kier molecular flexibility index (Phi) is 3.79. The van der Waals surface area contributed by atoms with Crippen molar-refractivity contribution in [2.24, 2.45) is 0 Å². The molecule has 0 aliphatic carbocycles. The number of hydrogen-bond acceptors (Lipinski definition) is 2. The van der Waals surface area contributed by atoms with Gasteiger partial charge in [0.2, 0.25) is 0 Å². The molecule has 0 spiro atoms. The van der Waals surface area contributed by atoms with E-state index in [1.165, 1.54) is 5.56 Å². The third kappa shape index (κ3) is 3.05. The molecular weight excluding hydrogens is 215 g/mol. The van der Waals surface area contributed by atoms with Crippen LogP contribution in [0.2, 0.25) is 0 Å². The van der Waals surface area contributed by atoms with Crippen molar-refractivity contribution in [3.8, 4) is 0 Å². The smallest absolute Gasteiger partial charge is 0.129 e. The van der Waals surface area contributed by atoms with Crippen LogP contribution in [0, 0.1) is 19.7 Å². The molecule has 1 unspecified atom stereocenters. The lowest BCUT2D eigenvalue weighted by Crippen LogP contribution is -2.48. The molecule has 1 aliphatic heterocycles. The summed E-state index contributed by atoms with van der Waals surface area (Å²) in [6.07, 6.45) is 0. The summed E-state index contributed by atoms with van der Waals surface area (Å²) < 4.78 is 13.5. The Morgan fingerprint density at radius 2 is 2.00 bits per heavy atom. The fourth-order valence-corrected chi connectivity index (χ4v) is 2.54. The molecule has 0 aromatic heterocycles. The minimum Gasteiger partial charge on any atom is -0.312 e. The maximum atomic E-state index is 13.5. The van der Waals surface area contributed by atoms with Crippen LogP contribution in [-0.4, -0.2) is 30.6 Å². The van der Waals surface area contributed by atoms with E-state index in [0.29, 0.717) is 6.04 Å². The zero-order valence-electron chi connectivity index (χ0n) is 10.9. The molecule has 1 heterocycles. The zero-order valence-corrected chi connectivity index (χ0v) is 10.9. The van der Waals surface area contributed by atoms with Crippen LogP contribution in [0.5, 0.6) is 0 Å². The van der Waals surface area contributed by atoms with Gasteiger partial charge in [0.25, 0.3) is 0 Å². The molecule has 0 radical (unpaired) electrons. The highest BCUT2D eigenvalue weighted by atomic mass is 19.1. The van der Waals surface area contributed by atoms with E-state index >= 15 is 0 Å². The predicted molar refractivity (Wildman–Crippen MR) is 68.6 cm³/mol. The first kappa shape index (κ1) is 12.5. The van der Waals surface area contributed by atoms with E-state index in [-0.39, 0.29) is 5.82 Å². The number of rotatable bonds is 2. The van der Waals surface area contributed by atoms with Gasteiger partial charge in [-0.2, -0.15) is 0 Å². The zero-order chi connectivity index (χ0) is 12.4. The molecule has 2 nitrogen and oxygen atoms in total. The van der Waals surface area contributed by atoms with Crippen molar-refractivity contribution in [2.75, 3.05) is 19.6 Å². The van der Waals surface area contributed by atoms with E-state index in [2.05, 4.69) is 17.1 Å². The third-order valence-corrected chi connectivity index (χ3v) is 3.36. The topological polar surface area (TPSA) is 15.3 Å². The molecule has 1 aromatic carbocycles. The van der Waals surface area contributed by atoms with Gasteiger partial charge in [0.15, 0.2) is 0 Å². The summed E-state index contributed by atoms with van der Waals surface area (Å²) in [5.74, 6) is -0.0672. The van der Waals surface area contributed by atoms with Gasteiger partial charge in [-0.1, -0.05) is 12.1 Å². The Labute approximate surface area is 103 Å². The molecule has 0 saturated carbocycles. The van der Waals surface area contributed by atoms with E-state index in [1.54, 1.807) is 0 Å². The second-order valence-electron chi connectivity index (χ2n) is 5.13. The number of halogens is 1. The fraction of sp³-hybridized carbons (Fsp3) is 0.571. The Morgan fingerprint density at radius 1 is 1.35 bits per heavy atom. The third-order valence-electron chi connectivity index (χ3n) is 3.36. The van der Waals surface area contributed by atoms with E-state index in [1.807, 2.05) is 26.0 Å². The number of benzene rings is 1. The lowest BCUT2D eigenvalue weighted by molar-refractivity contribution is 0.199. The van der Waals surface area contributed by atoms with Crippen LogP contribution >= 0.6 is 0 Å². The first-order valence-corrected chi connectivity index (χ1v) is 6.27. The SMILES string of the molecule is Cc1cc(CN2CCNC(C)C2)cc(C)c1F. The molecule has 1 aromatic rings. The first-order chi connectivity index (χ1) is 8.06. The molecule has 2 rings (SSSR count). The van der Waals surface area contributed by atoms with Crippen molar-refractivity contribution >= 4 is 0 Å². The average Bonchev–Trinajstić information content (AvgIpc) is 2.26. The fourth-order valence-electron chi connectivity index (χ4n) is 2.54. The standard InChI is InChI=1S/C14H21FN2/c1-10-6-13(7-11(2)14(10)15)9-17-5-4-16-12(3)8-17/h6-7,12,16H,4-5,8-9H2,1-3H3. The maximum Gasteiger partial charge on any atom is 0.129 e. The van der Waals surface area contributed by atoms with Gasteiger partial charge < -0.3 is 5.32 Å². The number of hydrogen-bond donors (Lipinski definition) is 1. The van der Waals surface area contributed by atoms with Crippen LogP contribution in [0.4, 0.5) is 4.39 Å². The monoisotopic (exact) mass is 236 g/mol. The summed E-state index contributed by atoms with van der Waals surface area (Å²) in [4.78, 5) is 2.42. The molecule has 1 fully saturated rings. The van der Waals surface area contributed by atoms with Crippen LogP contribution in [0.15, 0.2) is 12.1 Å². The van der Waals surface area contributed by atoms with Gasteiger partial charge in [-0.05, 0) is 37.5 Å². The Balaban J connectivity index is 2.08. The quantitative estimate of drug-likeness (QED) is 0.847. The lowest BCUT2D eigenvalue weighted by Gasteiger charge is -2.32. The molecule has 1 atom stereocenters. The van der Waals surface area contributed by atoms with E-state index in [0.717, 1.165) is 37.3 Å². The summed E-state index contributed by atoms with van der Waals surface area (Å²) >= 11 is 0. The van der Waals surface area contributed by atoms with Gasteiger partial charge in [0.1, 0.15) is 5.82 Å². The van der Waals surface area contributed by atoms with E-state index in [9.17, 15) is 4.39 Å². The maximum absolute atomic E-state index is 13.5. The lowest BCUT2D eigenvalue weighted by atomic mass is 10.1. The van der Waals surface area contributed by atoms with Crippen LogP contribution < -0.4 is 5.32 Å². The summed E-state index contributed by atoms with van der Waals surface area (Å²) in [5.41, 5.74) is 2.72. The van der Waals surface area contributed by atoms with Gasteiger partial charge in [0, 0.05) is 32.2 Å². The summed E-state index contributed by atoms with van der Waals surface area (Å²) in [6, 6.07) is 4.48. The van der Waals surface area contributed by atoms with Crippen molar-refractivity contribution in [2.45, 2.75) is 33.4 Å². The van der Waals surface area contributed by atoms with Gasteiger partial charge in [-0.3, -0.25) is 4.90 Å². The molecule has 0 bridgehead atoms. The van der Waals surface area contributed by atoms with E-state index in [4.69, 9.17) is 0 Å². The van der Waals surface area contributed by atoms with Crippen LogP contribution in [0.3, 0.4) is 0 Å². The molecular formula is C14H21FN2. The highest BCUT2D eigenvalue weighted by Crippen LogP contribution is 2.16. The van der Waals surface area contributed by atoms with Crippen molar-refractivity contribution in [3.63, 3.8) is 0 Å². The molecule has 94 valence electrons. The van der Waals surface area contributed by atoms with Crippen LogP contribution in [0.25, 0.3) is 0 Å². The molecule has 3 heteroatoms. The molecule has 17 heavy (non-hydrogen) atoms. The molecule has 0 amide bonds. The van der Waals surface area contributed by atoms with Crippen molar-refractivity contribution in [3.05, 3.63) is 34.6 Å². The van der Waals surface area contributed by atoms with Gasteiger partial charge >= 0.3 is 0 Å². The van der Waals surface area contributed by atoms with Crippen molar-refractivity contribution in [1.82, 2.24) is 10.2 Å². The molecule has 1 saturated heterocycles. The summed E-state index contributed by atoms with van der Waals surface area (Å²) in [5, 5.41) is 3.43. The van der Waals surface area contributed by atoms with Crippen molar-refractivity contribution < 1.29 is 4.39 Å². The molecule has 1 aliphatic rings.